The van der Waals surface area contributed by atoms with E-state index in [2.05, 4.69) is 57.3 Å². The van der Waals surface area contributed by atoms with Crippen molar-refractivity contribution in [2.24, 2.45) is 5.10 Å². The van der Waals surface area contributed by atoms with E-state index in [9.17, 15) is 4.79 Å². The molecule has 0 aliphatic rings. The van der Waals surface area contributed by atoms with Crippen molar-refractivity contribution in [2.45, 2.75) is 33.3 Å². The summed E-state index contributed by atoms with van der Waals surface area (Å²) in [6, 6.07) is 15.5. The highest BCUT2D eigenvalue weighted by atomic mass is 79.9. The van der Waals surface area contributed by atoms with E-state index >= 15 is 0 Å². The number of nitrogens with zero attached hydrogens (tertiary/aromatic N) is 2. The molecule has 1 amide bonds. The standard InChI is InChI=1S/C21H26BrN3O2/c1-4-20(27-19-9-7-8-17(22)14-19)21(26)24-23-15-16-10-12-18(13-11-16)25(5-2)6-3/h7-15,20H,4-6H2,1-3H3,(H,24,26)/t20-/m0/s1. The Hall–Kier alpha value is -2.34. The Balaban J connectivity index is 1.92. The van der Waals surface area contributed by atoms with Gasteiger partial charge >= 0.3 is 0 Å². The molecule has 0 radical (unpaired) electrons. The summed E-state index contributed by atoms with van der Waals surface area (Å²) >= 11 is 3.39. The summed E-state index contributed by atoms with van der Waals surface area (Å²) in [5.74, 6) is 0.371. The topological polar surface area (TPSA) is 53.9 Å². The van der Waals surface area contributed by atoms with E-state index in [0.717, 1.165) is 23.1 Å². The van der Waals surface area contributed by atoms with Crippen molar-refractivity contribution in [2.75, 3.05) is 18.0 Å². The van der Waals surface area contributed by atoms with Crippen LogP contribution in [0.25, 0.3) is 0 Å². The zero-order valence-electron chi connectivity index (χ0n) is 16.0. The molecule has 2 aromatic rings. The Labute approximate surface area is 169 Å². The normalized spacial score (nSPS) is 12.0. The van der Waals surface area contributed by atoms with Gasteiger partial charge in [-0.1, -0.05) is 41.1 Å². The molecule has 2 aromatic carbocycles. The van der Waals surface area contributed by atoms with Crippen LogP contribution in [0.4, 0.5) is 5.69 Å². The summed E-state index contributed by atoms with van der Waals surface area (Å²) in [6.45, 7) is 8.11. The van der Waals surface area contributed by atoms with Crippen LogP contribution in [-0.4, -0.2) is 31.3 Å². The highest BCUT2D eigenvalue weighted by molar-refractivity contribution is 9.10. The van der Waals surface area contributed by atoms with Gasteiger partial charge in [-0.3, -0.25) is 4.79 Å². The summed E-state index contributed by atoms with van der Waals surface area (Å²) in [6.07, 6.45) is 1.59. The molecule has 0 heterocycles. The second-order valence-electron chi connectivity index (χ2n) is 5.97. The molecule has 0 saturated heterocycles. The maximum absolute atomic E-state index is 12.3. The molecule has 27 heavy (non-hydrogen) atoms. The lowest BCUT2D eigenvalue weighted by Gasteiger charge is -2.20. The van der Waals surface area contributed by atoms with Gasteiger partial charge < -0.3 is 9.64 Å². The molecule has 0 saturated carbocycles. The second kappa shape index (κ2) is 10.7. The van der Waals surface area contributed by atoms with Crippen LogP contribution in [0.15, 0.2) is 58.1 Å². The SMILES string of the molecule is CC[C@H](Oc1cccc(Br)c1)C(=O)NN=Cc1ccc(N(CC)CC)cc1. The van der Waals surface area contributed by atoms with E-state index in [1.807, 2.05) is 43.3 Å². The van der Waals surface area contributed by atoms with Gasteiger partial charge in [0.1, 0.15) is 5.75 Å². The first-order chi connectivity index (χ1) is 13.1. The molecular formula is C21H26BrN3O2. The van der Waals surface area contributed by atoms with Crippen LogP contribution in [0.1, 0.15) is 32.8 Å². The lowest BCUT2D eigenvalue weighted by atomic mass is 10.2. The van der Waals surface area contributed by atoms with E-state index in [1.54, 1.807) is 6.21 Å². The largest absolute Gasteiger partial charge is 0.481 e. The molecule has 0 fully saturated rings. The van der Waals surface area contributed by atoms with Crippen molar-refractivity contribution in [1.82, 2.24) is 5.43 Å². The molecule has 0 aromatic heterocycles. The summed E-state index contributed by atoms with van der Waals surface area (Å²) < 4.78 is 6.66. The van der Waals surface area contributed by atoms with Crippen LogP contribution in [0.5, 0.6) is 5.75 Å². The number of hydrogen-bond acceptors (Lipinski definition) is 4. The number of benzene rings is 2. The van der Waals surface area contributed by atoms with Gasteiger partial charge in [-0.05, 0) is 56.2 Å². The average Bonchev–Trinajstić information content (AvgIpc) is 2.68. The van der Waals surface area contributed by atoms with Gasteiger partial charge in [0.15, 0.2) is 6.10 Å². The summed E-state index contributed by atoms with van der Waals surface area (Å²) in [7, 11) is 0. The highest BCUT2D eigenvalue weighted by Crippen LogP contribution is 2.19. The molecule has 6 heteroatoms. The number of carbonyl (C=O) groups is 1. The molecule has 0 aliphatic heterocycles. The van der Waals surface area contributed by atoms with Crippen LogP contribution in [0, 0.1) is 0 Å². The molecule has 144 valence electrons. The van der Waals surface area contributed by atoms with Crippen molar-refractivity contribution >= 4 is 33.7 Å². The minimum Gasteiger partial charge on any atom is -0.481 e. The molecule has 2 rings (SSSR count). The number of nitrogens with one attached hydrogen (secondary N) is 1. The van der Waals surface area contributed by atoms with E-state index < -0.39 is 6.10 Å². The number of ether oxygens (including phenoxy) is 1. The van der Waals surface area contributed by atoms with Crippen molar-refractivity contribution in [3.63, 3.8) is 0 Å². The van der Waals surface area contributed by atoms with Gasteiger partial charge in [0.2, 0.25) is 0 Å². The van der Waals surface area contributed by atoms with Gasteiger partial charge in [-0.25, -0.2) is 5.43 Å². The third-order valence-corrected chi connectivity index (χ3v) is 4.64. The number of rotatable bonds is 9. The Morgan fingerprint density at radius 1 is 1.19 bits per heavy atom. The minimum absolute atomic E-state index is 0.270. The zero-order chi connectivity index (χ0) is 19.6. The van der Waals surface area contributed by atoms with Gasteiger partial charge in [-0.2, -0.15) is 5.10 Å². The number of hydrogen-bond donors (Lipinski definition) is 1. The van der Waals surface area contributed by atoms with Crippen LogP contribution in [0.3, 0.4) is 0 Å². The van der Waals surface area contributed by atoms with Crippen molar-refractivity contribution in [3.8, 4) is 5.75 Å². The third kappa shape index (κ3) is 6.40. The minimum atomic E-state index is -0.596. The van der Waals surface area contributed by atoms with Crippen LogP contribution in [-0.2, 0) is 4.79 Å². The molecule has 0 spiro atoms. The second-order valence-corrected chi connectivity index (χ2v) is 6.89. The monoisotopic (exact) mass is 431 g/mol. The quantitative estimate of drug-likeness (QED) is 0.466. The number of amides is 1. The first-order valence-electron chi connectivity index (χ1n) is 9.17. The average molecular weight is 432 g/mol. The Morgan fingerprint density at radius 3 is 2.48 bits per heavy atom. The van der Waals surface area contributed by atoms with Crippen LogP contribution in [0.2, 0.25) is 0 Å². The molecular weight excluding hydrogens is 406 g/mol. The highest BCUT2D eigenvalue weighted by Gasteiger charge is 2.17. The lowest BCUT2D eigenvalue weighted by Crippen LogP contribution is -2.35. The molecule has 1 atom stereocenters. The summed E-state index contributed by atoms with van der Waals surface area (Å²) in [5, 5.41) is 4.06. The van der Waals surface area contributed by atoms with Crippen LogP contribution < -0.4 is 15.1 Å². The molecule has 0 unspecified atom stereocenters. The lowest BCUT2D eigenvalue weighted by molar-refractivity contribution is -0.128. The number of anilines is 1. The van der Waals surface area contributed by atoms with E-state index in [0.29, 0.717) is 12.2 Å². The number of carbonyl (C=O) groups excluding carboxylic acids is 1. The fourth-order valence-corrected chi connectivity index (χ4v) is 3.01. The van der Waals surface area contributed by atoms with E-state index in [1.165, 1.54) is 5.69 Å². The maximum Gasteiger partial charge on any atom is 0.281 e. The Kier molecular flexibility index (Phi) is 8.33. The number of halogens is 1. The molecule has 0 bridgehead atoms. The van der Waals surface area contributed by atoms with Crippen molar-refractivity contribution < 1.29 is 9.53 Å². The van der Waals surface area contributed by atoms with Gasteiger partial charge in [-0.15, -0.1) is 0 Å². The van der Waals surface area contributed by atoms with Crippen molar-refractivity contribution in [1.29, 1.82) is 0 Å². The van der Waals surface area contributed by atoms with E-state index in [4.69, 9.17) is 4.74 Å². The smallest absolute Gasteiger partial charge is 0.281 e. The van der Waals surface area contributed by atoms with Gasteiger partial charge in [0.05, 0.1) is 6.21 Å². The molecule has 5 nitrogen and oxygen atoms in total. The summed E-state index contributed by atoms with van der Waals surface area (Å²) in [5.41, 5.74) is 4.66. The van der Waals surface area contributed by atoms with Gasteiger partial charge in [0, 0.05) is 23.2 Å². The Bertz CT molecular complexity index is 758. The predicted octanol–water partition coefficient (Wildman–Crippen LogP) is 4.60. The maximum atomic E-state index is 12.3. The number of hydrazone groups is 1. The van der Waals surface area contributed by atoms with Crippen molar-refractivity contribution in [3.05, 3.63) is 58.6 Å². The van der Waals surface area contributed by atoms with Crippen LogP contribution >= 0.6 is 15.9 Å². The van der Waals surface area contributed by atoms with Gasteiger partial charge in [0.25, 0.3) is 5.91 Å². The third-order valence-electron chi connectivity index (χ3n) is 4.15. The zero-order valence-corrected chi connectivity index (χ0v) is 17.6. The first-order valence-corrected chi connectivity index (χ1v) is 9.96. The predicted molar refractivity (Wildman–Crippen MR) is 115 cm³/mol. The fraction of sp³-hybridized carbons (Fsp3) is 0.333. The molecule has 1 N–H and O–H groups in total. The molecule has 0 aliphatic carbocycles. The summed E-state index contributed by atoms with van der Waals surface area (Å²) in [4.78, 5) is 14.6. The van der Waals surface area contributed by atoms with E-state index in [-0.39, 0.29) is 5.91 Å². The first kappa shape index (κ1) is 21.0. The fourth-order valence-electron chi connectivity index (χ4n) is 2.63. The Morgan fingerprint density at radius 2 is 1.89 bits per heavy atom.